The highest BCUT2D eigenvalue weighted by atomic mass is 35.5. The molecule has 0 fully saturated rings. The van der Waals surface area contributed by atoms with E-state index in [0.717, 1.165) is 24.0 Å². The summed E-state index contributed by atoms with van der Waals surface area (Å²) in [4.78, 5) is 11.4. The number of halogens is 1. The third-order valence-corrected chi connectivity index (χ3v) is 7.11. The Morgan fingerprint density at radius 1 is 1.25 bits per heavy atom. The second-order valence-corrected chi connectivity index (χ2v) is 9.35. The molecule has 2 unspecified atom stereocenters. The van der Waals surface area contributed by atoms with E-state index in [0.29, 0.717) is 17.9 Å². The van der Waals surface area contributed by atoms with E-state index in [1.165, 1.54) is 17.7 Å². The van der Waals surface area contributed by atoms with Crippen molar-refractivity contribution < 1.29 is 18.3 Å². The summed E-state index contributed by atoms with van der Waals surface area (Å²) in [6.07, 6.45) is 2.88. The van der Waals surface area contributed by atoms with Crippen LogP contribution < -0.4 is 4.72 Å². The second-order valence-electron chi connectivity index (χ2n) is 7.20. The summed E-state index contributed by atoms with van der Waals surface area (Å²) >= 11 is 5.84. The predicted octanol–water partition coefficient (Wildman–Crippen LogP) is 4.14. The smallest absolute Gasteiger partial charge is 0.303 e. The van der Waals surface area contributed by atoms with Crippen molar-refractivity contribution in [2.75, 3.05) is 0 Å². The summed E-state index contributed by atoms with van der Waals surface area (Å²) < 4.78 is 28.1. The number of benzene rings is 2. The van der Waals surface area contributed by atoms with Gasteiger partial charge in [-0.3, -0.25) is 4.79 Å². The molecule has 2 atom stereocenters. The first kappa shape index (κ1) is 20.8. The minimum Gasteiger partial charge on any atom is -0.481 e. The Hall–Kier alpha value is -1.89. The van der Waals surface area contributed by atoms with Gasteiger partial charge in [0.2, 0.25) is 10.0 Å². The average Bonchev–Trinajstić information content (AvgIpc) is 2.65. The fourth-order valence-electron chi connectivity index (χ4n) is 3.91. The van der Waals surface area contributed by atoms with Crippen LogP contribution in [0.3, 0.4) is 0 Å². The van der Waals surface area contributed by atoms with Gasteiger partial charge in [-0.25, -0.2) is 13.1 Å². The number of aliphatic carboxylic acids is 1. The van der Waals surface area contributed by atoms with Crippen LogP contribution in [-0.2, 0) is 27.7 Å². The van der Waals surface area contributed by atoms with E-state index in [4.69, 9.17) is 11.6 Å². The highest BCUT2D eigenvalue weighted by molar-refractivity contribution is 7.89. The van der Waals surface area contributed by atoms with Crippen LogP contribution in [0, 0.1) is 0 Å². The summed E-state index contributed by atoms with van der Waals surface area (Å²) in [7, 11) is -3.61. The summed E-state index contributed by atoms with van der Waals surface area (Å²) in [5, 5.41) is 9.68. The van der Waals surface area contributed by atoms with Gasteiger partial charge in [0.25, 0.3) is 0 Å². The SMILES string of the molecule is CCC(CC(=O)O)c1cccc2c1CCC(NS(=O)(=O)c1ccc(Cl)cc1)C2. The summed E-state index contributed by atoms with van der Waals surface area (Å²) in [5.74, 6) is -0.816. The molecule has 150 valence electrons. The lowest BCUT2D eigenvalue weighted by Gasteiger charge is -2.29. The number of nitrogens with one attached hydrogen (secondary N) is 1. The van der Waals surface area contributed by atoms with Gasteiger partial charge in [-0.15, -0.1) is 0 Å². The Morgan fingerprint density at radius 3 is 2.61 bits per heavy atom. The Morgan fingerprint density at radius 2 is 1.96 bits per heavy atom. The quantitative estimate of drug-likeness (QED) is 0.703. The van der Waals surface area contributed by atoms with Gasteiger partial charge in [-0.2, -0.15) is 0 Å². The molecule has 2 aromatic rings. The maximum Gasteiger partial charge on any atom is 0.303 e. The van der Waals surface area contributed by atoms with Gasteiger partial charge >= 0.3 is 5.97 Å². The Labute approximate surface area is 170 Å². The largest absolute Gasteiger partial charge is 0.481 e. The molecule has 28 heavy (non-hydrogen) atoms. The van der Waals surface area contributed by atoms with Gasteiger partial charge in [0.1, 0.15) is 0 Å². The lowest BCUT2D eigenvalue weighted by Crippen LogP contribution is -2.39. The topological polar surface area (TPSA) is 83.5 Å². The van der Waals surface area contributed by atoms with Crippen molar-refractivity contribution in [3.8, 4) is 0 Å². The molecule has 2 aromatic carbocycles. The van der Waals surface area contributed by atoms with Gasteiger partial charge in [0, 0.05) is 11.1 Å². The number of carboxylic acid groups (broad SMARTS) is 1. The summed E-state index contributed by atoms with van der Waals surface area (Å²) in [5.41, 5.74) is 3.36. The number of fused-ring (bicyclic) bond motifs is 1. The third kappa shape index (κ3) is 4.74. The zero-order chi connectivity index (χ0) is 20.3. The van der Waals surface area contributed by atoms with Crippen molar-refractivity contribution in [1.82, 2.24) is 4.72 Å². The van der Waals surface area contributed by atoms with Gasteiger partial charge in [0.05, 0.1) is 11.3 Å². The predicted molar refractivity (Wildman–Crippen MR) is 109 cm³/mol. The van der Waals surface area contributed by atoms with E-state index in [1.807, 2.05) is 25.1 Å². The number of hydrogen-bond acceptors (Lipinski definition) is 3. The maximum atomic E-state index is 12.6. The third-order valence-electron chi connectivity index (χ3n) is 5.32. The molecule has 0 bridgehead atoms. The molecule has 1 aliphatic rings. The van der Waals surface area contributed by atoms with Crippen molar-refractivity contribution in [2.45, 2.75) is 55.9 Å². The van der Waals surface area contributed by atoms with Crippen LogP contribution in [0.1, 0.15) is 48.8 Å². The highest BCUT2D eigenvalue weighted by Crippen LogP contribution is 2.33. The van der Waals surface area contributed by atoms with E-state index >= 15 is 0 Å². The molecule has 2 N–H and O–H groups in total. The van der Waals surface area contributed by atoms with Crippen molar-refractivity contribution in [2.24, 2.45) is 0 Å². The molecule has 0 saturated heterocycles. The minimum absolute atomic E-state index is 0.0187. The molecule has 0 aromatic heterocycles. The number of hydrogen-bond donors (Lipinski definition) is 2. The molecule has 0 aliphatic heterocycles. The lowest BCUT2D eigenvalue weighted by molar-refractivity contribution is -0.137. The Bertz CT molecular complexity index is 957. The zero-order valence-corrected chi connectivity index (χ0v) is 17.3. The Kier molecular flexibility index (Phi) is 6.43. The molecule has 0 amide bonds. The summed E-state index contributed by atoms with van der Waals surface area (Å²) in [6.45, 7) is 2.00. The van der Waals surface area contributed by atoms with E-state index in [-0.39, 0.29) is 23.3 Å². The van der Waals surface area contributed by atoms with E-state index in [2.05, 4.69) is 4.72 Å². The van der Waals surface area contributed by atoms with Crippen LogP contribution in [0.2, 0.25) is 5.02 Å². The van der Waals surface area contributed by atoms with Crippen molar-refractivity contribution in [3.05, 3.63) is 64.2 Å². The van der Waals surface area contributed by atoms with Crippen molar-refractivity contribution >= 4 is 27.6 Å². The van der Waals surface area contributed by atoms with E-state index in [1.54, 1.807) is 12.1 Å². The number of sulfonamides is 1. The number of carboxylic acids is 1. The van der Waals surface area contributed by atoms with Crippen LogP contribution in [-0.4, -0.2) is 25.5 Å². The van der Waals surface area contributed by atoms with Crippen LogP contribution in [0.15, 0.2) is 47.4 Å². The molecular formula is C21H24ClNO4S. The van der Waals surface area contributed by atoms with Crippen LogP contribution >= 0.6 is 11.6 Å². The van der Waals surface area contributed by atoms with Crippen LogP contribution in [0.4, 0.5) is 0 Å². The first-order valence-electron chi connectivity index (χ1n) is 9.40. The molecule has 0 radical (unpaired) electrons. The second kappa shape index (κ2) is 8.64. The van der Waals surface area contributed by atoms with Gasteiger partial charge in [0.15, 0.2) is 0 Å². The first-order chi connectivity index (χ1) is 13.3. The average molecular weight is 422 g/mol. The Balaban J connectivity index is 1.79. The van der Waals surface area contributed by atoms with Gasteiger partial charge in [-0.05, 0) is 72.6 Å². The van der Waals surface area contributed by atoms with Crippen molar-refractivity contribution in [1.29, 1.82) is 0 Å². The fourth-order valence-corrected chi connectivity index (χ4v) is 5.30. The lowest BCUT2D eigenvalue weighted by atomic mass is 9.80. The molecule has 5 nitrogen and oxygen atoms in total. The monoisotopic (exact) mass is 421 g/mol. The molecule has 0 saturated carbocycles. The zero-order valence-electron chi connectivity index (χ0n) is 15.7. The molecule has 0 heterocycles. The summed E-state index contributed by atoms with van der Waals surface area (Å²) in [6, 6.07) is 11.9. The van der Waals surface area contributed by atoms with Gasteiger partial charge < -0.3 is 5.11 Å². The normalized spacial score (nSPS) is 17.7. The molecule has 3 rings (SSSR count). The maximum absolute atomic E-state index is 12.6. The molecule has 7 heteroatoms. The van der Waals surface area contributed by atoms with E-state index in [9.17, 15) is 18.3 Å². The number of rotatable bonds is 7. The van der Waals surface area contributed by atoms with Crippen molar-refractivity contribution in [3.63, 3.8) is 0 Å². The molecule has 1 aliphatic carbocycles. The van der Waals surface area contributed by atoms with Crippen LogP contribution in [0.5, 0.6) is 0 Å². The molecule has 0 spiro atoms. The fraction of sp³-hybridized carbons (Fsp3) is 0.381. The standard InChI is InChI=1S/C21H24ClNO4S/c1-2-14(13-21(24)25)19-5-3-4-15-12-17(8-11-20(15)19)23-28(26,27)18-9-6-16(22)7-10-18/h3-7,9-10,14,17,23H,2,8,11-13H2,1H3,(H,24,25). The van der Waals surface area contributed by atoms with Crippen LogP contribution in [0.25, 0.3) is 0 Å². The number of carbonyl (C=O) groups is 1. The first-order valence-corrected chi connectivity index (χ1v) is 11.3. The minimum atomic E-state index is -3.61. The van der Waals surface area contributed by atoms with E-state index < -0.39 is 16.0 Å². The highest BCUT2D eigenvalue weighted by Gasteiger charge is 2.27. The van der Waals surface area contributed by atoms with Gasteiger partial charge in [-0.1, -0.05) is 36.7 Å². The molecular weight excluding hydrogens is 398 g/mol.